The van der Waals surface area contributed by atoms with Gasteiger partial charge in [0.2, 0.25) is 0 Å². The van der Waals surface area contributed by atoms with E-state index in [0.29, 0.717) is 28.7 Å². The van der Waals surface area contributed by atoms with Crippen molar-refractivity contribution in [3.8, 4) is 62.7 Å². The van der Waals surface area contributed by atoms with Gasteiger partial charge in [-0.05, 0) is 72.1 Å². The van der Waals surface area contributed by atoms with E-state index in [4.69, 9.17) is 26.5 Å². The average molecular weight is 767 g/mol. The zero-order chi connectivity index (χ0) is 40.2. The third-order valence-corrected chi connectivity index (χ3v) is 11.1. The van der Waals surface area contributed by atoms with Crippen LogP contribution >= 0.6 is 0 Å². The molecule has 4 aromatic heterocycles. The molecule has 0 N–H and O–H groups in total. The molecule has 0 saturated heterocycles. The number of pyridine rings is 1. The van der Waals surface area contributed by atoms with E-state index >= 15 is 0 Å². The molecule has 8 nitrogen and oxygen atoms in total. The number of hydrogen-bond acceptors (Lipinski definition) is 5. The molecule has 11 aromatic rings. The van der Waals surface area contributed by atoms with Crippen molar-refractivity contribution in [2.45, 2.75) is 0 Å². The molecule has 60 heavy (non-hydrogen) atoms. The molecule has 0 fully saturated rings. The first-order valence-electron chi connectivity index (χ1n) is 19.5. The van der Waals surface area contributed by atoms with Crippen LogP contribution in [0.4, 0.5) is 5.69 Å². The Morgan fingerprint density at radius 3 is 1.62 bits per heavy atom. The van der Waals surface area contributed by atoms with Crippen LogP contribution in [-0.4, -0.2) is 29.1 Å². The molecule has 0 bridgehead atoms. The fourth-order valence-electron chi connectivity index (χ4n) is 8.41. The Morgan fingerprint density at radius 1 is 0.467 bits per heavy atom. The number of nitriles is 1. The van der Waals surface area contributed by atoms with E-state index in [1.54, 1.807) is 0 Å². The van der Waals surface area contributed by atoms with Gasteiger partial charge in [-0.2, -0.15) is 5.26 Å². The molecule has 0 atom stereocenters. The number of aromatic nitrogens is 6. The van der Waals surface area contributed by atoms with Crippen molar-refractivity contribution in [3.63, 3.8) is 0 Å². The Labute approximate surface area is 344 Å². The Morgan fingerprint density at radius 2 is 1.00 bits per heavy atom. The summed E-state index contributed by atoms with van der Waals surface area (Å²) in [4.78, 5) is 23.7. The first kappa shape index (κ1) is 34.5. The topological polar surface area (TPSA) is 89.6 Å². The molecule has 0 aliphatic carbocycles. The van der Waals surface area contributed by atoms with Gasteiger partial charge in [-0.25, -0.2) is 19.8 Å². The standard InChI is InChI=1S/C52H30N8/c1-54-37-22-25-48-42(30-37)39-17-9-11-19-45(39)59(48)47-24-21-36(52-57-50(34-12-4-2-5-13-34)56-51(58-52)35-14-6-3-7-15-35)29-41(47)43-32-55-27-26-49(43)60-44-18-10-8-16-38(44)40-28-33(31-53)20-23-46(40)60/h2-30,32H. The van der Waals surface area contributed by atoms with Gasteiger partial charge in [-0.1, -0.05) is 103 Å². The van der Waals surface area contributed by atoms with Crippen LogP contribution in [0.1, 0.15) is 5.56 Å². The van der Waals surface area contributed by atoms with E-state index in [-0.39, 0.29) is 0 Å². The largest absolute Gasteiger partial charge is 0.309 e. The van der Waals surface area contributed by atoms with Gasteiger partial charge in [0.1, 0.15) is 0 Å². The highest BCUT2D eigenvalue weighted by Gasteiger charge is 2.22. The van der Waals surface area contributed by atoms with Gasteiger partial charge in [0, 0.05) is 56.4 Å². The summed E-state index contributed by atoms with van der Waals surface area (Å²) in [6.45, 7) is 7.80. The summed E-state index contributed by atoms with van der Waals surface area (Å²) in [7, 11) is 0. The van der Waals surface area contributed by atoms with Crippen molar-refractivity contribution >= 4 is 49.3 Å². The number of nitrogens with zero attached hydrogens (tertiary/aromatic N) is 8. The van der Waals surface area contributed by atoms with Gasteiger partial charge in [-0.15, -0.1) is 0 Å². The molecule has 0 saturated carbocycles. The Hall–Kier alpha value is -8.72. The number of rotatable bonds is 6. The molecule has 7 aromatic carbocycles. The van der Waals surface area contributed by atoms with Crippen LogP contribution in [-0.2, 0) is 0 Å². The number of para-hydroxylation sites is 2. The van der Waals surface area contributed by atoms with E-state index in [0.717, 1.165) is 82.8 Å². The predicted octanol–water partition coefficient (Wildman–Crippen LogP) is 12.6. The maximum atomic E-state index is 9.87. The van der Waals surface area contributed by atoms with Crippen LogP contribution in [0.5, 0.6) is 0 Å². The van der Waals surface area contributed by atoms with E-state index < -0.39 is 0 Å². The quantitative estimate of drug-likeness (QED) is 0.157. The average Bonchev–Trinajstić information content (AvgIpc) is 3.83. The second-order valence-electron chi connectivity index (χ2n) is 14.5. The van der Waals surface area contributed by atoms with Crippen molar-refractivity contribution in [1.82, 2.24) is 29.1 Å². The molecular formula is C52H30N8. The maximum absolute atomic E-state index is 9.87. The minimum Gasteiger partial charge on any atom is -0.309 e. The lowest BCUT2D eigenvalue weighted by atomic mass is 9.99. The Kier molecular flexibility index (Phi) is 8.07. The van der Waals surface area contributed by atoms with Crippen molar-refractivity contribution in [1.29, 1.82) is 5.26 Å². The van der Waals surface area contributed by atoms with Gasteiger partial charge in [0.05, 0.1) is 51.6 Å². The zero-order valence-corrected chi connectivity index (χ0v) is 31.9. The van der Waals surface area contributed by atoms with Crippen LogP contribution in [0, 0.1) is 17.9 Å². The van der Waals surface area contributed by atoms with Crippen molar-refractivity contribution in [3.05, 3.63) is 199 Å². The van der Waals surface area contributed by atoms with Crippen molar-refractivity contribution < 1.29 is 0 Å². The molecule has 278 valence electrons. The highest BCUT2D eigenvalue weighted by Crippen LogP contribution is 2.42. The van der Waals surface area contributed by atoms with Gasteiger partial charge in [-0.3, -0.25) is 4.98 Å². The van der Waals surface area contributed by atoms with E-state index in [1.807, 2.05) is 140 Å². The van der Waals surface area contributed by atoms with Gasteiger partial charge in [0.15, 0.2) is 23.2 Å². The number of hydrogen-bond donors (Lipinski definition) is 0. The molecule has 8 heteroatoms. The highest BCUT2D eigenvalue weighted by atomic mass is 15.0. The molecule has 0 unspecified atom stereocenters. The summed E-state index contributed by atoms with van der Waals surface area (Å²) in [5.41, 5.74) is 11.3. The van der Waals surface area contributed by atoms with Gasteiger partial charge in [0.25, 0.3) is 0 Å². The van der Waals surface area contributed by atoms with Crippen LogP contribution < -0.4 is 0 Å². The summed E-state index contributed by atoms with van der Waals surface area (Å²) >= 11 is 0. The predicted molar refractivity (Wildman–Crippen MR) is 239 cm³/mol. The second-order valence-corrected chi connectivity index (χ2v) is 14.5. The first-order valence-corrected chi connectivity index (χ1v) is 19.5. The smallest absolute Gasteiger partial charge is 0.188 e. The zero-order valence-electron chi connectivity index (χ0n) is 31.9. The Bertz CT molecular complexity index is 3510. The minimum absolute atomic E-state index is 0.533. The molecule has 0 radical (unpaired) electrons. The summed E-state index contributed by atoms with van der Waals surface area (Å²) in [6.07, 6.45) is 3.74. The van der Waals surface area contributed by atoms with Crippen molar-refractivity contribution in [2.24, 2.45) is 0 Å². The molecule has 0 amide bonds. The van der Waals surface area contributed by atoms with Gasteiger partial charge >= 0.3 is 0 Å². The molecule has 0 aliphatic heterocycles. The third kappa shape index (κ3) is 5.60. The lowest BCUT2D eigenvalue weighted by Crippen LogP contribution is -2.04. The molecular weight excluding hydrogens is 737 g/mol. The van der Waals surface area contributed by atoms with Crippen molar-refractivity contribution in [2.75, 3.05) is 0 Å². The fourth-order valence-corrected chi connectivity index (χ4v) is 8.41. The number of benzene rings is 7. The summed E-state index contributed by atoms with van der Waals surface area (Å²) < 4.78 is 4.54. The molecule has 11 rings (SSSR count). The lowest BCUT2D eigenvalue weighted by Gasteiger charge is -2.19. The van der Waals surface area contributed by atoms with Crippen LogP contribution in [0.25, 0.3) is 105 Å². The lowest BCUT2D eigenvalue weighted by molar-refractivity contribution is 1.07. The second kappa shape index (κ2) is 14.0. The molecule has 4 heterocycles. The van der Waals surface area contributed by atoms with Crippen LogP contribution in [0.3, 0.4) is 0 Å². The fraction of sp³-hybridized carbons (Fsp3) is 0. The summed E-state index contributed by atoms with van der Waals surface area (Å²) in [6, 6.07) is 59.1. The minimum atomic E-state index is 0.533. The molecule has 0 spiro atoms. The SMILES string of the molecule is [C-]#[N+]c1ccc2c(c1)c1ccccc1n2-c1ccc(-c2nc(-c3ccccc3)nc(-c3ccccc3)n2)cc1-c1cnccc1-n1c2ccccc2c2cc(C#N)ccc21. The monoisotopic (exact) mass is 766 g/mol. The summed E-state index contributed by atoms with van der Waals surface area (Å²) in [5, 5.41) is 14.0. The van der Waals surface area contributed by atoms with Crippen LogP contribution in [0.15, 0.2) is 182 Å². The number of fused-ring (bicyclic) bond motifs is 6. The highest BCUT2D eigenvalue weighted by molar-refractivity contribution is 6.12. The molecule has 0 aliphatic rings. The van der Waals surface area contributed by atoms with Crippen LogP contribution in [0.2, 0.25) is 0 Å². The first-order chi connectivity index (χ1) is 29.7. The van der Waals surface area contributed by atoms with Gasteiger partial charge < -0.3 is 9.13 Å². The van der Waals surface area contributed by atoms with E-state index in [9.17, 15) is 5.26 Å². The Balaban J connectivity index is 1.23. The van der Waals surface area contributed by atoms with E-state index in [2.05, 4.69) is 62.5 Å². The summed E-state index contributed by atoms with van der Waals surface area (Å²) in [5.74, 6) is 1.69. The maximum Gasteiger partial charge on any atom is 0.188 e. The third-order valence-electron chi connectivity index (χ3n) is 11.1. The van der Waals surface area contributed by atoms with E-state index in [1.165, 1.54) is 0 Å². The normalized spacial score (nSPS) is 11.3.